The summed E-state index contributed by atoms with van der Waals surface area (Å²) < 4.78 is 12.1. The van der Waals surface area contributed by atoms with Crippen molar-refractivity contribution in [2.24, 2.45) is 0 Å². The van der Waals surface area contributed by atoms with Gasteiger partial charge >= 0.3 is 0 Å². The first-order valence-corrected chi connectivity index (χ1v) is 7.17. The van der Waals surface area contributed by atoms with Gasteiger partial charge in [-0.05, 0) is 48.6 Å². The Morgan fingerprint density at radius 1 is 1.17 bits per heavy atom. The Hall–Kier alpha value is -0.750. The second-order valence-corrected chi connectivity index (χ2v) is 5.11. The van der Waals surface area contributed by atoms with Gasteiger partial charge in [-0.3, -0.25) is 4.98 Å². The molecule has 0 unspecified atom stereocenters. The molecule has 1 aromatic heterocycles. The van der Waals surface area contributed by atoms with Gasteiger partial charge in [-0.25, -0.2) is 0 Å². The molecule has 0 saturated carbocycles. The molecule has 0 spiro atoms. The molecule has 96 valence electrons. The van der Waals surface area contributed by atoms with Crippen LogP contribution in [0.25, 0.3) is 10.9 Å². The van der Waals surface area contributed by atoms with Crippen molar-refractivity contribution >= 4 is 45.1 Å². The van der Waals surface area contributed by atoms with Gasteiger partial charge in [0.25, 0.3) is 0 Å². The lowest BCUT2D eigenvalue weighted by molar-refractivity contribution is 0.336. The maximum atomic E-state index is 6.36. The Morgan fingerprint density at radius 3 is 2.44 bits per heavy atom. The molecule has 0 N–H and O–H groups in total. The second-order valence-electron chi connectivity index (χ2n) is 3.57. The number of hydrogen-bond acceptors (Lipinski definition) is 3. The molecule has 0 saturated heterocycles. The summed E-state index contributed by atoms with van der Waals surface area (Å²) in [6.07, 6.45) is 1.74. The lowest BCUT2D eigenvalue weighted by atomic mass is 10.2. The summed E-state index contributed by atoms with van der Waals surface area (Å²) in [6, 6.07) is 3.74. The molecule has 0 aliphatic rings. The molecule has 0 atom stereocenters. The third kappa shape index (κ3) is 2.49. The lowest BCUT2D eigenvalue weighted by Crippen LogP contribution is -1.98. The Labute approximate surface area is 125 Å². The highest BCUT2D eigenvalue weighted by Gasteiger charge is 2.14. The molecule has 0 aliphatic heterocycles. The van der Waals surface area contributed by atoms with Crippen molar-refractivity contribution < 1.29 is 9.47 Å². The van der Waals surface area contributed by atoms with Gasteiger partial charge in [0.15, 0.2) is 0 Å². The standard InChI is InChI=1S/C13H13ClINO2/c1-3-17-9-5-6-10(18-4-2)13-11(9)12(14)8(15)7-16-13/h5-7H,3-4H2,1-2H3. The van der Waals surface area contributed by atoms with Crippen LogP contribution in [0, 0.1) is 3.57 Å². The van der Waals surface area contributed by atoms with Crippen LogP contribution >= 0.6 is 34.2 Å². The zero-order valence-electron chi connectivity index (χ0n) is 10.2. The van der Waals surface area contributed by atoms with Gasteiger partial charge in [-0.1, -0.05) is 11.6 Å². The van der Waals surface area contributed by atoms with Crippen LogP contribution in [0.5, 0.6) is 11.5 Å². The summed E-state index contributed by atoms with van der Waals surface area (Å²) in [7, 11) is 0. The van der Waals surface area contributed by atoms with Gasteiger partial charge in [0.1, 0.15) is 17.0 Å². The first-order valence-electron chi connectivity index (χ1n) is 5.71. The van der Waals surface area contributed by atoms with Crippen LogP contribution < -0.4 is 9.47 Å². The molecule has 3 nitrogen and oxygen atoms in total. The number of pyridine rings is 1. The molecule has 5 heteroatoms. The fourth-order valence-corrected chi connectivity index (χ4v) is 2.38. The van der Waals surface area contributed by atoms with Crippen LogP contribution in [0.4, 0.5) is 0 Å². The predicted octanol–water partition coefficient (Wildman–Crippen LogP) is 4.29. The van der Waals surface area contributed by atoms with Crippen molar-refractivity contribution in [3.05, 3.63) is 26.9 Å². The number of ether oxygens (including phenoxy) is 2. The Kier molecular flexibility index (Phi) is 4.50. The number of nitrogens with zero attached hydrogens (tertiary/aromatic N) is 1. The highest BCUT2D eigenvalue weighted by atomic mass is 127. The Morgan fingerprint density at radius 2 is 1.78 bits per heavy atom. The van der Waals surface area contributed by atoms with Gasteiger partial charge in [-0.2, -0.15) is 0 Å². The molecule has 0 fully saturated rings. The smallest absolute Gasteiger partial charge is 0.145 e. The quantitative estimate of drug-likeness (QED) is 0.745. The topological polar surface area (TPSA) is 31.4 Å². The molecule has 0 bridgehead atoms. The zero-order chi connectivity index (χ0) is 13.1. The molecular weight excluding hydrogens is 365 g/mol. The van der Waals surface area contributed by atoms with Crippen molar-refractivity contribution in [2.75, 3.05) is 13.2 Å². The van der Waals surface area contributed by atoms with Gasteiger partial charge < -0.3 is 9.47 Å². The lowest BCUT2D eigenvalue weighted by Gasteiger charge is -2.13. The summed E-state index contributed by atoms with van der Waals surface area (Å²) in [6.45, 7) is 5.06. The first kappa shape index (κ1) is 13.7. The maximum absolute atomic E-state index is 6.36. The Balaban J connectivity index is 2.73. The van der Waals surface area contributed by atoms with Gasteiger partial charge in [0.05, 0.1) is 27.2 Å². The van der Waals surface area contributed by atoms with Crippen LogP contribution in [0.1, 0.15) is 13.8 Å². The number of fused-ring (bicyclic) bond motifs is 1. The largest absolute Gasteiger partial charge is 0.493 e. The van der Waals surface area contributed by atoms with E-state index < -0.39 is 0 Å². The van der Waals surface area contributed by atoms with Crippen molar-refractivity contribution in [1.29, 1.82) is 0 Å². The van der Waals surface area contributed by atoms with E-state index in [4.69, 9.17) is 21.1 Å². The summed E-state index contributed by atoms with van der Waals surface area (Å²) in [5.74, 6) is 1.47. The molecule has 2 aromatic rings. The molecule has 1 heterocycles. The molecule has 2 rings (SSSR count). The zero-order valence-corrected chi connectivity index (χ0v) is 13.1. The maximum Gasteiger partial charge on any atom is 0.145 e. The van der Waals surface area contributed by atoms with Crippen molar-refractivity contribution in [1.82, 2.24) is 4.98 Å². The molecule has 0 aliphatic carbocycles. The number of rotatable bonds is 4. The summed E-state index contributed by atoms with van der Waals surface area (Å²) in [4.78, 5) is 4.41. The second kappa shape index (κ2) is 5.93. The molecule has 18 heavy (non-hydrogen) atoms. The monoisotopic (exact) mass is 377 g/mol. The average molecular weight is 378 g/mol. The van der Waals surface area contributed by atoms with E-state index in [1.165, 1.54) is 0 Å². The van der Waals surface area contributed by atoms with E-state index in [2.05, 4.69) is 27.6 Å². The van der Waals surface area contributed by atoms with E-state index in [9.17, 15) is 0 Å². The van der Waals surface area contributed by atoms with Gasteiger partial charge in [-0.15, -0.1) is 0 Å². The Bertz CT molecular complexity index is 574. The van der Waals surface area contributed by atoms with E-state index in [1.54, 1.807) is 6.20 Å². The minimum atomic E-state index is 0.588. The van der Waals surface area contributed by atoms with Crippen LogP contribution in [0.15, 0.2) is 18.3 Å². The summed E-state index contributed by atoms with van der Waals surface area (Å²) in [5.41, 5.74) is 0.744. The molecular formula is C13H13ClINO2. The van der Waals surface area contributed by atoms with E-state index in [0.29, 0.717) is 18.2 Å². The third-order valence-electron chi connectivity index (χ3n) is 2.44. The van der Waals surface area contributed by atoms with Crippen LogP contribution in [-0.2, 0) is 0 Å². The third-order valence-corrected chi connectivity index (χ3v) is 3.97. The number of hydrogen-bond donors (Lipinski definition) is 0. The highest BCUT2D eigenvalue weighted by Crippen LogP contribution is 2.38. The summed E-state index contributed by atoms with van der Waals surface area (Å²) >= 11 is 8.52. The van der Waals surface area contributed by atoms with E-state index in [-0.39, 0.29) is 0 Å². The van der Waals surface area contributed by atoms with Crippen LogP contribution in [-0.4, -0.2) is 18.2 Å². The molecule has 0 amide bonds. The number of halogens is 2. The number of benzene rings is 1. The van der Waals surface area contributed by atoms with E-state index in [0.717, 1.165) is 26.0 Å². The van der Waals surface area contributed by atoms with Crippen molar-refractivity contribution in [3.8, 4) is 11.5 Å². The fraction of sp³-hybridized carbons (Fsp3) is 0.308. The average Bonchev–Trinajstić information content (AvgIpc) is 2.36. The predicted molar refractivity (Wildman–Crippen MR) is 81.8 cm³/mol. The minimum absolute atomic E-state index is 0.588. The van der Waals surface area contributed by atoms with Crippen molar-refractivity contribution in [2.45, 2.75) is 13.8 Å². The van der Waals surface area contributed by atoms with Gasteiger partial charge in [0.2, 0.25) is 0 Å². The minimum Gasteiger partial charge on any atom is -0.493 e. The van der Waals surface area contributed by atoms with Crippen molar-refractivity contribution in [3.63, 3.8) is 0 Å². The fourth-order valence-electron chi connectivity index (χ4n) is 1.74. The molecule has 0 radical (unpaired) electrons. The van der Waals surface area contributed by atoms with E-state index >= 15 is 0 Å². The molecule has 1 aromatic carbocycles. The normalized spacial score (nSPS) is 10.7. The first-order chi connectivity index (χ1) is 8.69. The number of aromatic nitrogens is 1. The van der Waals surface area contributed by atoms with E-state index in [1.807, 2.05) is 26.0 Å². The summed E-state index contributed by atoms with van der Waals surface area (Å²) in [5, 5.41) is 1.47. The highest BCUT2D eigenvalue weighted by molar-refractivity contribution is 14.1. The SMILES string of the molecule is CCOc1ccc(OCC)c2c(Cl)c(I)cnc12. The van der Waals surface area contributed by atoms with Gasteiger partial charge in [0, 0.05) is 6.20 Å². The van der Waals surface area contributed by atoms with Crippen LogP contribution in [0.2, 0.25) is 5.02 Å². The van der Waals surface area contributed by atoms with Crippen LogP contribution in [0.3, 0.4) is 0 Å².